The van der Waals surface area contributed by atoms with Crippen LogP contribution < -0.4 is 0 Å². The van der Waals surface area contributed by atoms with Crippen LogP contribution in [0.15, 0.2) is 60.7 Å². The second-order valence-electron chi connectivity index (χ2n) is 6.18. The largest absolute Gasteiger partial charge is 0.300 e. The molecule has 2 aromatic carbocycles. The van der Waals surface area contributed by atoms with Crippen LogP contribution in [0.5, 0.6) is 0 Å². The third-order valence-electron chi connectivity index (χ3n) is 4.63. The molecule has 1 heteroatoms. The van der Waals surface area contributed by atoms with Gasteiger partial charge in [0, 0.05) is 12.8 Å². The Morgan fingerprint density at radius 1 is 0.762 bits per heavy atom. The van der Waals surface area contributed by atoms with E-state index in [1.54, 1.807) is 0 Å². The molecule has 0 radical (unpaired) electrons. The maximum Gasteiger partial charge on any atom is 0.133 e. The first-order chi connectivity index (χ1) is 10.3. The maximum absolute atomic E-state index is 11.9. The van der Waals surface area contributed by atoms with Gasteiger partial charge in [0.05, 0.1) is 0 Å². The van der Waals surface area contributed by atoms with Crippen LogP contribution in [-0.2, 0) is 17.6 Å². The Morgan fingerprint density at radius 3 is 1.86 bits per heavy atom. The fourth-order valence-electron chi connectivity index (χ4n) is 3.48. The van der Waals surface area contributed by atoms with Crippen molar-refractivity contribution in [2.45, 2.75) is 32.1 Å². The molecule has 0 spiro atoms. The number of hydrogen-bond acceptors (Lipinski definition) is 1. The molecule has 2 aromatic rings. The van der Waals surface area contributed by atoms with Gasteiger partial charge in [-0.05, 0) is 42.2 Å². The van der Waals surface area contributed by atoms with Gasteiger partial charge in [0.2, 0.25) is 0 Å². The van der Waals surface area contributed by atoms with Crippen molar-refractivity contribution in [2.24, 2.45) is 11.8 Å². The number of carbonyl (C=O) groups is 1. The van der Waals surface area contributed by atoms with Gasteiger partial charge in [-0.25, -0.2) is 0 Å². The third kappa shape index (κ3) is 3.81. The Hall–Kier alpha value is -1.89. The topological polar surface area (TPSA) is 17.1 Å². The summed E-state index contributed by atoms with van der Waals surface area (Å²) < 4.78 is 0. The van der Waals surface area contributed by atoms with Crippen LogP contribution in [0.25, 0.3) is 0 Å². The molecule has 0 saturated heterocycles. The molecular weight excluding hydrogens is 256 g/mol. The Morgan fingerprint density at radius 2 is 1.29 bits per heavy atom. The molecule has 1 aliphatic carbocycles. The number of ketones is 1. The van der Waals surface area contributed by atoms with E-state index in [0.29, 0.717) is 17.6 Å². The normalized spacial score (nSPS) is 22.2. The minimum absolute atomic E-state index is 0.445. The van der Waals surface area contributed by atoms with E-state index in [4.69, 9.17) is 0 Å². The summed E-state index contributed by atoms with van der Waals surface area (Å²) in [5.74, 6) is 1.57. The van der Waals surface area contributed by atoms with Gasteiger partial charge in [0.1, 0.15) is 5.78 Å². The van der Waals surface area contributed by atoms with Crippen LogP contribution in [0.1, 0.15) is 30.4 Å². The minimum Gasteiger partial charge on any atom is -0.300 e. The summed E-state index contributed by atoms with van der Waals surface area (Å²) in [4.78, 5) is 11.9. The van der Waals surface area contributed by atoms with Gasteiger partial charge >= 0.3 is 0 Å². The van der Waals surface area contributed by atoms with E-state index in [9.17, 15) is 4.79 Å². The number of rotatable bonds is 4. The second kappa shape index (κ2) is 6.71. The molecule has 3 rings (SSSR count). The summed E-state index contributed by atoms with van der Waals surface area (Å²) in [6, 6.07) is 21.3. The zero-order valence-corrected chi connectivity index (χ0v) is 12.4. The Bertz CT molecular complexity index is 573. The average molecular weight is 278 g/mol. The fraction of sp³-hybridized carbons (Fsp3) is 0.350. The molecule has 2 atom stereocenters. The highest BCUT2D eigenvalue weighted by molar-refractivity contribution is 5.79. The lowest BCUT2D eigenvalue weighted by Gasteiger charge is -2.31. The average Bonchev–Trinajstić information content (AvgIpc) is 2.52. The second-order valence-corrected chi connectivity index (χ2v) is 6.18. The van der Waals surface area contributed by atoms with Gasteiger partial charge in [0.15, 0.2) is 0 Å². The quantitative estimate of drug-likeness (QED) is 0.807. The fourth-order valence-corrected chi connectivity index (χ4v) is 3.48. The summed E-state index contributed by atoms with van der Waals surface area (Å²) in [6.45, 7) is 0. The van der Waals surface area contributed by atoms with Gasteiger partial charge in [-0.1, -0.05) is 60.7 Å². The van der Waals surface area contributed by atoms with Crippen LogP contribution in [-0.4, -0.2) is 5.78 Å². The lowest BCUT2D eigenvalue weighted by atomic mass is 9.73. The highest BCUT2D eigenvalue weighted by Gasteiger charge is 2.29. The van der Waals surface area contributed by atoms with Crippen molar-refractivity contribution in [3.8, 4) is 0 Å². The molecule has 1 saturated carbocycles. The molecule has 1 fully saturated rings. The molecular formula is C20H22O. The summed E-state index contributed by atoms with van der Waals surface area (Å²) in [5, 5.41) is 0. The summed E-state index contributed by atoms with van der Waals surface area (Å²) in [7, 11) is 0. The van der Waals surface area contributed by atoms with Crippen LogP contribution in [0.4, 0.5) is 0 Å². The highest BCUT2D eigenvalue weighted by Crippen LogP contribution is 2.33. The maximum atomic E-state index is 11.9. The monoisotopic (exact) mass is 278 g/mol. The summed E-state index contributed by atoms with van der Waals surface area (Å²) in [6.07, 6.45) is 4.70. The van der Waals surface area contributed by atoms with E-state index in [-0.39, 0.29) is 0 Å². The first kappa shape index (κ1) is 14.1. The third-order valence-corrected chi connectivity index (χ3v) is 4.63. The zero-order chi connectivity index (χ0) is 14.5. The van der Waals surface area contributed by atoms with Crippen molar-refractivity contribution in [3.63, 3.8) is 0 Å². The van der Waals surface area contributed by atoms with Gasteiger partial charge in [-0.3, -0.25) is 4.79 Å². The van der Waals surface area contributed by atoms with E-state index in [0.717, 1.165) is 32.1 Å². The lowest BCUT2D eigenvalue weighted by molar-refractivity contribution is -0.122. The number of carbonyl (C=O) groups excluding carboxylic acids is 1. The lowest BCUT2D eigenvalue weighted by Crippen LogP contribution is -2.28. The van der Waals surface area contributed by atoms with Crippen molar-refractivity contribution in [1.29, 1.82) is 0 Å². The van der Waals surface area contributed by atoms with Crippen LogP contribution >= 0.6 is 0 Å². The molecule has 0 amide bonds. The van der Waals surface area contributed by atoms with Crippen LogP contribution in [0.3, 0.4) is 0 Å². The smallest absolute Gasteiger partial charge is 0.133 e. The number of benzene rings is 2. The number of Topliss-reactive ketones (excluding diaryl/α,β-unsaturated/α-hetero) is 1. The molecule has 0 aliphatic heterocycles. The minimum atomic E-state index is 0.445. The van der Waals surface area contributed by atoms with Crippen molar-refractivity contribution < 1.29 is 4.79 Å². The summed E-state index contributed by atoms with van der Waals surface area (Å²) >= 11 is 0. The highest BCUT2D eigenvalue weighted by atomic mass is 16.1. The van der Waals surface area contributed by atoms with Crippen molar-refractivity contribution in [1.82, 2.24) is 0 Å². The van der Waals surface area contributed by atoms with E-state index < -0.39 is 0 Å². The van der Waals surface area contributed by atoms with E-state index in [1.807, 2.05) is 0 Å². The molecule has 2 unspecified atom stereocenters. The first-order valence-corrected chi connectivity index (χ1v) is 7.91. The molecule has 1 aliphatic rings. The Balaban J connectivity index is 1.72. The molecule has 0 bridgehead atoms. The van der Waals surface area contributed by atoms with E-state index >= 15 is 0 Å². The van der Waals surface area contributed by atoms with Gasteiger partial charge < -0.3 is 0 Å². The molecule has 1 nitrogen and oxygen atoms in total. The molecule has 108 valence electrons. The summed E-state index contributed by atoms with van der Waals surface area (Å²) in [5.41, 5.74) is 2.75. The van der Waals surface area contributed by atoms with Crippen LogP contribution in [0.2, 0.25) is 0 Å². The van der Waals surface area contributed by atoms with Crippen LogP contribution in [0, 0.1) is 11.8 Å². The molecule has 0 aromatic heterocycles. The van der Waals surface area contributed by atoms with Gasteiger partial charge in [-0.15, -0.1) is 0 Å². The van der Waals surface area contributed by atoms with Gasteiger partial charge in [0.25, 0.3) is 0 Å². The van der Waals surface area contributed by atoms with E-state index in [2.05, 4.69) is 60.7 Å². The zero-order valence-electron chi connectivity index (χ0n) is 12.4. The molecule has 0 N–H and O–H groups in total. The SMILES string of the molecule is O=C1CCC(Cc2ccccc2)C(Cc2ccccc2)C1. The Labute approximate surface area is 127 Å². The molecule has 21 heavy (non-hydrogen) atoms. The van der Waals surface area contributed by atoms with Crippen molar-refractivity contribution in [3.05, 3.63) is 71.8 Å². The van der Waals surface area contributed by atoms with Gasteiger partial charge in [-0.2, -0.15) is 0 Å². The first-order valence-electron chi connectivity index (χ1n) is 7.91. The number of hydrogen-bond donors (Lipinski definition) is 0. The molecule has 0 heterocycles. The Kier molecular flexibility index (Phi) is 4.49. The predicted octanol–water partition coefficient (Wildman–Crippen LogP) is 4.46. The predicted molar refractivity (Wildman–Crippen MR) is 86.1 cm³/mol. The van der Waals surface area contributed by atoms with Crippen molar-refractivity contribution in [2.75, 3.05) is 0 Å². The van der Waals surface area contributed by atoms with E-state index in [1.165, 1.54) is 11.1 Å². The van der Waals surface area contributed by atoms with Crippen molar-refractivity contribution >= 4 is 5.78 Å². The standard InChI is InChI=1S/C20H22O/c21-20-12-11-18(13-16-7-3-1-4-8-16)19(15-20)14-17-9-5-2-6-10-17/h1-10,18-19H,11-15H2.